The molecule has 0 spiro atoms. The van der Waals surface area contributed by atoms with Crippen LogP contribution in [0.1, 0.15) is 60.9 Å². The maximum absolute atomic E-state index is 5.47. The highest BCUT2D eigenvalue weighted by Gasteiger charge is 2.48. The van der Waals surface area contributed by atoms with E-state index in [-0.39, 0.29) is 23.3 Å². The summed E-state index contributed by atoms with van der Waals surface area (Å²) in [6.07, 6.45) is 20.2. The lowest BCUT2D eigenvalue weighted by Crippen LogP contribution is -2.41. The van der Waals surface area contributed by atoms with Gasteiger partial charge in [0, 0.05) is 51.9 Å². The fourth-order valence-corrected chi connectivity index (χ4v) is 9.28. The number of hydrogen-bond donors (Lipinski definition) is 0. The highest BCUT2D eigenvalue weighted by Crippen LogP contribution is 2.56. The Bertz CT molecular complexity index is 2710. The van der Waals surface area contributed by atoms with E-state index in [1.165, 1.54) is 16.7 Å². The summed E-state index contributed by atoms with van der Waals surface area (Å²) in [6.45, 7) is 4.67. The van der Waals surface area contributed by atoms with Crippen LogP contribution in [-0.4, -0.2) is 37.2 Å². The van der Waals surface area contributed by atoms with Crippen LogP contribution < -0.4 is 9.80 Å². The monoisotopic (exact) mass is 714 g/mol. The third-order valence-electron chi connectivity index (χ3n) is 11.9. The molecule has 3 aromatic heterocycles. The molecule has 0 fully saturated rings. The number of allylic oxidation sites excluding steroid dienone is 5. The van der Waals surface area contributed by atoms with Crippen LogP contribution in [0.15, 0.2) is 150 Å². The molecule has 0 bridgehead atoms. The molecular weight excluding hydrogens is 677 g/mol. The number of rotatable bonds is 4. The molecule has 3 aliphatic heterocycles. The van der Waals surface area contributed by atoms with E-state index in [2.05, 4.69) is 139 Å². The zero-order valence-corrected chi connectivity index (χ0v) is 30.7. The normalized spacial score (nSPS) is 21.3. The van der Waals surface area contributed by atoms with Crippen LogP contribution in [-0.2, 0) is 11.8 Å². The number of hydrogen-bond acceptors (Lipinski definition) is 8. The molecule has 5 aliphatic rings. The Balaban J connectivity index is 1.14. The zero-order valence-electron chi connectivity index (χ0n) is 30.7. The van der Waals surface area contributed by atoms with Gasteiger partial charge in [-0.2, -0.15) is 9.97 Å². The van der Waals surface area contributed by atoms with Gasteiger partial charge in [0.2, 0.25) is 11.9 Å². The second-order valence-corrected chi connectivity index (χ2v) is 15.4. The van der Waals surface area contributed by atoms with Crippen molar-refractivity contribution < 1.29 is 0 Å². The van der Waals surface area contributed by atoms with Crippen molar-refractivity contribution >= 4 is 46.3 Å². The number of para-hydroxylation sites is 2. The van der Waals surface area contributed by atoms with E-state index in [0.29, 0.717) is 17.5 Å². The molecule has 3 atom stereocenters. The van der Waals surface area contributed by atoms with Crippen LogP contribution in [0.5, 0.6) is 0 Å². The van der Waals surface area contributed by atoms with Crippen LogP contribution in [0.25, 0.3) is 22.3 Å². The Morgan fingerprint density at radius 1 is 0.764 bits per heavy atom. The molecule has 8 nitrogen and oxygen atoms in total. The van der Waals surface area contributed by atoms with E-state index in [1.807, 2.05) is 18.3 Å². The van der Waals surface area contributed by atoms with Gasteiger partial charge in [-0.1, -0.05) is 111 Å². The lowest BCUT2D eigenvalue weighted by molar-refractivity contribution is 0.584. The lowest BCUT2D eigenvalue weighted by Gasteiger charge is -2.46. The summed E-state index contributed by atoms with van der Waals surface area (Å²) in [7, 11) is 0. The molecule has 3 unspecified atom stereocenters. The summed E-state index contributed by atoms with van der Waals surface area (Å²) in [4.78, 5) is 35.5. The molecule has 0 N–H and O–H groups in total. The Hall–Kier alpha value is -6.54. The van der Waals surface area contributed by atoms with Crippen LogP contribution in [0.4, 0.5) is 29.1 Å². The fourth-order valence-electron chi connectivity index (χ4n) is 9.28. The number of nitrogens with zero attached hydrogens (tertiary/aromatic N) is 8. The van der Waals surface area contributed by atoms with Crippen molar-refractivity contribution in [2.45, 2.75) is 56.4 Å². The number of aliphatic imine (C=N–C) groups is 1. The van der Waals surface area contributed by atoms with E-state index < -0.39 is 0 Å². The quantitative estimate of drug-likeness (QED) is 0.180. The highest BCUT2D eigenvalue weighted by atomic mass is 15.3. The van der Waals surface area contributed by atoms with E-state index in [4.69, 9.17) is 29.9 Å². The van der Waals surface area contributed by atoms with Crippen molar-refractivity contribution in [2.75, 3.05) is 9.80 Å². The molecule has 0 radical (unpaired) electrons. The molecule has 0 saturated carbocycles. The Morgan fingerprint density at radius 3 is 2.47 bits per heavy atom. The van der Waals surface area contributed by atoms with E-state index >= 15 is 0 Å². The number of pyridine rings is 1. The minimum absolute atomic E-state index is 0.0736. The second-order valence-electron chi connectivity index (χ2n) is 15.4. The fraction of sp³-hybridized carbons (Fsp3) is 0.191. The van der Waals surface area contributed by atoms with Gasteiger partial charge >= 0.3 is 0 Å². The van der Waals surface area contributed by atoms with Gasteiger partial charge < -0.3 is 4.90 Å². The minimum Gasteiger partial charge on any atom is -0.302 e. The highest BCUT2D eigenvalue weighted by molar-refractivity contribution is 5.92. The van der Waals surface area contributed by atoms with Gasteiger partial charge in [-0.3, -0.25) is 4.90 Å². The zero-order chi connectivity index (χ0) is 36.7. The Morgan fingerprint density at radius 2 is 1.60 bits per heavy atom. The van der Waals surface area contributed by atoms with Crippen LogP contribution >= 0.6 is 0 Å². The summed E-state index contributed by atoms with van der Waals surface area (Å²) >= 11 is 0. The molecule has 6 heterocycles. The number of fused-ring (bicyclic) bond motifs is 7. The molecule has 0 saturated heterocycles. The summed E-state index contributed by atoms with van der Waals surface area (Å²) in [5.74, 6) is 2.31. The molecule has 8 heteroatoms. The van der Waals surface area contributed by atoms with E-state index in [1.54, 1.807) is 6.20 Å². The molecule has 55 heavy (non-hydrogen) atoms. The topological polar surface area (TPSA) is 83.3 Å². The number of aromatic nitrogens is 5. The van der Waals surface area contributed by atoms with Crippen molar-refractivity contribution in [3.8, 4) is 11.3 Å². The van der Waals surface area contributed by atoms with Gasteiger partial charge in [0.25, 0.3) is 0 Å². The van der Waals surface area contributed by atoms with Crippen LogP contribution in [0.3, 0.4) is 0 Å². The summed E-state index contributed by atoms with van der Waals surface area (Å²) in [6, 6.07) is 31.7. The van der Waals surface area contributed by atoms with E-state index in [9.17, 15) is 0 Å². The average Bonchev–Trinajstić information content (AvgIpc) is 3.56. The summed E-state index contributed by atoms with van der Waals surface area (Å²) in [5.41, 5.74) is 11.5. The molecule has 0 amide bonds. The Labute approximate surface area is 320 Å². The van der Waals surface area contributed by atoms with Gasteiger partial charge in [0.15, 0.2) is 11.5 Å². The first-order chi connectivity index (χ1) is 27.0. The van der Waals surface area contributed by atoms with Gasteiger partial charge in [-0.15, -0.1) is 0 Å². The molecular formula is C47H38N8. The average molecular weight is 715 g/mol. The van der Waals surface area contributed by atoms with Gasteiger partial charge in [0.05, 0.1) is 28.8 Å². The van der Waals surface area contributed by atoms with Gasteiger partial charge in [-0.05, 0) is 66.3 Å². The van der Waals surface area contributed by atoms with Crippen molar-refractivity contribution in [1.29, 1.82) is 0 Å². The predicted octanol–water partition coefficient (Wildman–Crippen LogP) is 10.3. The summed E-state index contributed by atoms with van der Waals surface area (Å²) in [5, 5.41) is 0.917. The second kappa shape index (κ2) is 12.2. The van der Waals surface area contributed by atoms with Crippen LogP contribution in [0.2, 0.25) is 0 Å². The van der Waals surface area contributed by atoms with Gasteiger partial charge in [-0.25, -0.2) is 19.9 Å². The molecule has 11 rings (SSSR count). The van der Waals surface area contributed by atoms with Crippen molar-refractivity contribution in [2.24, 2.45) is 4.99 Å². The minimum atomic E-state index is -0.297. The van der Waals surface area contributed by atoms with Crippen molar-refractivity contribution in [1.82, 2.24) is 24.9 Å². The Kier molecular flexibility index (Phi) is 7.11. The first kappa shape index (κ1) is 31.9. The predicted molar refractivity (Wildman–Crippen MR) is 220 cm³/mol. The first-order valence-electron chi connectivity index (χ1n) is 19.2. The molecule has 2 aliphatic carbocycles. The molecule has 266 valence electrons. The SMILES string of the molecule is CC1(C)C2=CC3c4ccccc4N(c4nc5c(c(C6C=CC=CC6)n4)CCC=N5)C3C=C2N(c2nc(-c3ccccc3)c3cccnc3n2)c2ccccc21. The van der Waals surface area contributed by atoms with Crippen molar-refractivity contribution in [3.05, 3.63) is 167 Å². The number of anilines is 4. The maximum Gasteiger partial charge on any atom is 0.237 e. The summed E-state index contributed by atoms with van der Waals surface area (Å²) < 4.78 is 0. The third-order valence-corrected chi connectivity index (χ3v) is 11.9. The first-order valence-corrected chi connectivity index (χ1v) is 19.2. The molecule has 3 aromatic carbocycles. The van der Waals surface area contributed by atoms with Crippen LogP contribution in [0, 0.1) is 0 Å². The molecule has 6 aromatic rings. The number of benzene rings is 3. The lowest BCUT2D eigenvalue weighted by atomic mass is 9.68. The maximum atomic E-state index is 5.47. The largest absolute Gasteiger partial charge is 0.302 e. The smallest absolute Gasteiger partial charge is 0.237 e. The van der Waals surface area contributed by atoms with E-state index in [0.717, 1.165) is 70.1 Å². The van der Waals surface area contributed by atoms with Crippen molar-refractivity contribution in [3.63, 3.8) is 0 Å². The standard InChI is InChI=1S/C47H38N8/c1-47(2)35-22-10-12-24-38(35)55(46-51-42(30-17-7-4-8-18-30)33-21-14-26-49-44(33)53-46)40-28-39-34(27-36(40)47)31-19-9-11-23-37(31)54(39)45-50-41(29-15-5-3-6-16-29)32-20-13-25-48-43(32)52-45/h3-12,14-15,17-19,21-29,34,39H,13,16,20H2,1-2H3. The van der Waals surface area contributed by atoms with Gasteiger partial charge in [0.1, 0.15) is 0 Å². The third kappa shape index (κ3) is 4.90.